The van der Waals surface area contributed by atoms with Gasteiger partial charge in [0, 0.05) is 5.92 Å². The summed E-state index contributed by atoms with van der Waals surface area (Å²) in [5, 5.41) is 9.70. The highest BCUT2D eigenvalue weighted by Crippen LogP contribution is 2.11. The lowest BCUT2D eigenvalue weighted by atomic mass is 9.96. The molecular formula is C11H22OSi. The smallest absolute Gasteiger partial charge is 0.129 e. The first-order valence-electron chi connectivity index (χ1n) is 4.95. The maximum atomic E-state index is 9.70. The summed E-state index contributed by atoms with van der Waals surface area (Å²) in [4.78, 5) is 0. The fourth-order valence-corrected chi connectivity index (χ4v) is 1.65. The standard InChI is InChI=1S/C11H22OSi/c1-9(2)11(12)10(3)7-8-13(4,5)6/h9-12H,1-6H3/t10-,11+/m1/s1. The van der Waals surface area contributed by atoms with E-state index in [1.807, 2.05) is 20.8 Å². The zero-order valence-corrected chi connectivity index (χ0v) is 10.7. The molecule has 0 aromatic rings. The number of hydrogen-bond donors (Lipinski definition) is 1. The van der Waals surface area contributed by atoms with Crippen LogP contribution in [0.2, 0.25) is 19.6 Å². The third kappa shape index (κ3) is 5.90. The molecule has 0 fully saturated rings. The van der Waals surface area contributed by atoms with E-state index in [4.69, 9.17) is 0 Å². The van der Waals surface area contributed by atoms with Gasteiger partial charge in [-0.3, -0.25) is 0 Å². The summed E-state index contributed by atoms with van der Waals surface area (Å²) in [5.41, 5.74) is 3.29. The lowest BCUT2D eigenvalue weighted by molar-refractivity contribution is 0.0946. The molecule has 13 heavy (non-hydrogen) atoms. The van der Waals surface area contributed by atoms with E-state index in [1.165, 1.54) is 0 Å². The Balaban J connectivity index is 4.27. The molecule has 0 aromatic carbocycles. The molecule has 0 saturated carbocycles. The Labute approximate surface area is 83.6 Å². The van der Waals surface area contributed by atoms with Crippen LogP contribution in [0.5, 0.6) is 0 Å². The molecule has 1 N–H and O–H groups in total. The second-order valence-corrected chi connectivity index (χ2v) is 9.79. The van der Waals surface area contributed by atoms with Crippen molar-refractivity contribution in [1.29, 1.82) is 0 Å². The predicted octanol–water partition coefficient (Wildman–Crippen LogP) is 2.52. The molecule has 0 amide bonds. The van der Waals surface area contributed by atoms with E-state index in [9.17, 15) is 5.11 Å². The highest BCUT2D eigenvalue weighted by molar-refractivity contribution is 6.83. The van der Waals surface area contributed by atoms with E-state index in [-0.39, 0.29) is 12.0 Å². The second-order valence-electron chi connectivity index (χ2n) is 5.04. The van der Waals surface area contributed by atoms with Crippen molar-refractivity contribution in [3.63, 3.8) is 0 Å². The van der Waals surface area contributed by atoms with Gasteiger partial charge in [-0.2, -0.15) is 0 Å². The van der Waals surface area contributed by atoms with Crippen molar-refractivity contribution in [2.45, 2.75) is 46.5 Å². The van der Waals surface area contributed by atoms with E-state index >= 15 is 0 Å². The Hall–Kier alpha value is -0.263. The van der Waals surface area contributed by atoms with Gasteiger partial charge in [0.2, 0.25) is 0 Å². The van der Waals surface area contributed by atoms with Crippen LogP contribution in [-0.2, 0) is 0 Å². The molecule has 0 aromatic heterocycles. The van der Waals surface area contributed by atoms with Gasteiger partial charge in [0.15, 0.2) is 0 Å². The molecule has 0 bridgehead atoms. The van der Waals surface area contributed by atoms with Crippen molar-refractivity contribution in [3.05, 3.63) is 0 Å². The topological polar surface area (TPSA) is 20.2 Å². The molecule has 2 atom stereocenters. The van der Waals surface area contributed by atoms with Gasteiger partial charge in [-0.25, -0.2) is 0 Å². The molecule has 0 aliphatic rings. The first-order chi connectivity index (χ1) is 5.74. The van der Waals surface area contributed by atoms with Gasteiger partial charge in [-0.05, 0) is 12.8 Å². The Morgan fingerprint density at radius 3 is 1.85 bits per heavy atom. The molecule has 0 saturated heterocycles. The van der Waals surface area contributed by atoms with E-state index in [0.29, 0.717) is 5.92 Å². The van der Waals surface area contributed by atoms with Crippen LogP contribution in [0.25, 0.3) is 0 Å². The third-order valence-corrected chi connectivity index (χ3v) is 2.76. The first-order valence-corrected chi connectivity index (χ1v) is 8.45. The summed E-state index contributed by atoms with van der Waals surface area (Å²) in [6, 6.07) is 0. The van der Waals surface area contributed by atoms with Gasteiger partial charge < -0.3 is 5.11 Å². The minimum absolute atomic E-state index is 0.103. The maximum Gasteiger partial charge on any atom is 0.129 e. The van der Waals surface area contributed by atoms with Gasteiger partial charge in [-0.15, -0.1) is 11.5 Å². The highest BCUT2D eigenvalue weighted by Gasteiger charge is 2.16. The normalized spacial score (nSPS) is 16.3. The zero-order valence-electron chi connectivity index (χ0n) is 9.68. The number of hydrogen-bond acceptors (Lipinski definition) is 1. The van der Waals surface area contributed by atoms with E-state index in [2.05, 4.69) is 31.1 Å². The molecule has 1 nitrogen and oxygen atoms in total. The molecular weight excluding hydrogens is 176 g/mol. The van der Waals surface area contributed by atoms with E-state index in [0.717, 1.165) is 0 Å². The van der Waals surface area contributed by atoms with Gasteiger partial charge in [0.1, 0.15) is 8.07 Å². The maximum absolute atomic E-state index is 9.70. The van der Waals surface area contributed by atoms with Gasteiger partial charge >= 0.3 is 0 Å². The molecule has 2 heteroatoms. The molecule has 0 unspecified atom stereocenters. The molecule has 0 spiro atoms. The average Bonchev–Trinajstić information content (AvgIpc) is 1.97. The summed E-state index contributed by atoms with van der Waals surface area (Å²) < 4.78 is 0. The number of aliphatic hydroxyl groups excluding tert-OH is 1. The van der Waals surface area contributed by atoms with E-state index < -0.39 is 8.07 Å². The van der Waals surface area contributed by atoms with Crippen LogP contribution in [0.4, 0.5) is 0 Å². The molecule has 0 rings (SSSR count). The predicted molar refractivity (Wildman–Crippen MR) is 61.1 cm³/mol. The van der Waals surface area contributed by atoms with Crippen LogP contribution >= 0.6 is 0 Å². The Morgan fingerprint density at radius 1 is 1.08 bits per heavy atom. The average molecular weight is 198 g/mol. The molecule has 76 valence electrons. The molecule has 0 heterocycles. The summed E-state index contributed by atoms with van der Waals surface area (Å²) >= 11 is 0. The lowest BCUT2D eigenvalue weighted by Crippen LogP contribution is -2.24. The van der Waals surface area contributed by atoms with Crippen molar-refractivity contribution >= 4 is 8.07 Å². The van der Waals surface area contributed by atoms with Crippen LogP contribution in [-0.4, -0.2) is 19.3 Å². The summed E-state index contributed by atoms with van der Waals surface area (Å²) in [6.45, 7) is 12.7. The van der Waals surface area contributed by atoms with Gasteiger partial charge in [-0.1, -0.05) is 33.5 Å². The SMILES string of the molecule is CC(C)[C@H](O)[C@H](C)C#C[Si](C)(C)C. The molecule has 0 aliphatic heterocycles. The van der Waals surface area contributed by atoms with Crippen LogP contribution in [0.3, 0.4) is 0 Å². The minimum atomic E-state index is -1.27. The minimum Gasteiger partial charge on any atom is -0.392 e. The van der Waals surface area contributed by atoms with Crippen LogP contribution < -0.4 is 0 Å². The quantitative estimate of drug-likeness (QED) is 0.534. The van der Waals surface area contributed by atoms with Crippen molar-refractivity contribution in [3.8, 4) is 11.5 Å². The van der Waals surface area contributed by atoms with Gasteiger partial charge in [0.25, 0.3) is 0 Å². The first kappa shape index (κ1) is 12.7. The van der Waals surface area contributed by atoms with Crippen molar-refractivity contribution in [2.75, 3.05) is 0 Å². The Kier molecular flexibility index (Phi) is 4.73. The van der Waals surface area contributed by atoms with Crippen molar-refractivity contribution in [2.24, 2.45) is 11.8 Å². The Morgan fingerprint density at radius 2 is 1.54 bits per heavy atom. The summed E-state index contributed by atoms with van der Waals surface area (Å²) in [5.74, 6) is 3.57. The second kappa shape index (κ2) is 4.83. The third-order valence-electron chi connectivity index (χ3n) is 1.87. The van der Waals surface area contributed by atoms with Crippen LogP contribution in [0.15, 0.2) is 0 Å². The highest BCUT2D eigenvalue weighted by atomic mass is 28.3. The largest absolute Gasteiger partial charge is 0.392 e. The zero-order chi connectivity index (χ0) is 10.6. The van der Waals surface area contributed by atoms with E-state index in [1.54, 1.807) is 0 Å². The Bertz CT molecular complexity index is 204. The lowest BCUT2D eigenvalue weighted by Gasteiger charge is -2.17. The monoisotopic (exact) mass is 198 g/mol. The van der Waals surface area contributed by atoms with Crippen molar-refractivity contribution < 1.29 is 5.11 Å². The van der Waals surface area contributed by atoms with Crippen LogP contribution in [0, 0.1) is 23.3 Å². The van der Waals surface area contributed by atoms with Gasteiger partial charge in [0.05, 0.1) is 6.10 Å². The summed E-state index contributed by atoms with van der Waals surface area (Å²) in [7, 11) is -1.27. The summed E-state index contributed by atoms with van der Waals surface area (Å²) in [6.07, 6.45) is -0.288. The number of aliphatic hydroxyl groups is 1. The fourth-order valence-electron chi connectivity index (χ4n) is 0.993. The number of rotatable bonds is 2. The van der Waals surface area contributed by atoms with Crippen molar-refractivity contribution in [1.82, 2.24) is 0 Å². The molecule has 0 radical (unpaired) electrons. The molecule has 0 aliphatic carbocycles. The fraction of sp³-hybridized carbons (Fsp3) is 0.818. The van der Waals surface area contributed by atoms with Crippen LogP contribution in [0.1, 0.15) is 20.8 Å².